The monoisotopic (exact) mass is 405 g/mol. The van der Waals surface area contributed by atoms with Crippen molar-refractivity contribution in [3.8, 4) is 17.2 Å². The zero-order chi connectivity index (χ0) is 20.5. The number of hydrazone groups is 1. The third-order valence-electron chi connectivity index (χ3n) is 3.43. The Balaban J connectivity index is 2.02. The van der Waals surface area contributed by atoms with Crippen molar-refractivity contribution in [3.05, 3.63) is 52.5 Å². The van der Waals surface area contributed by atoms with Crippen LogP contribution in [0.25, 0.3) is 0 Å². The van der Waals surface area contributed by atoms with Gasteiger partial charge in [0.1, 0.15) is 5.75 Å². The molecular formula is C19H20ClN3O5. The molecule has 0 unspecified atom stereocenters. The number of hydrogen-bond donors (Lipinski definition) is 2. The fourth-order valence-electron chi connectivity index (χ4n) is 2.18. The molecule has 9 heteroatoms. The van der Waals surface area contributed by atoms with Gasteiger partial charge in [0.05, 0.1) is 25.0 Å². The van der Waals surface area contributed by atoms with Crippen molar-refractivity contribution in [3.63, 3.8) is 0 Å². The van der Waals surface area contributed by atoms with E-state index >= 15 is 0 Å². The number of carbonyl (C=O) groups excluding carboxylic acids is 2. The molecule has 0 spiro atoms. The smallest absolute Gasteiger partial charge is 0.271 e. The number of carbonyl (C=O) groups is 2. The minimum absolute atomic E-state index is 0.269. The number of nitrogens with zero attached hydrogens (tertiary/aromatic N) is 1. The Morgan fingerprint density at radius 2 is 1.89 bits per heavy atom. The van der Waals surface area contributed by atoms with Gasteiger partial charge < -0.3 is 19.9 Å². The van der Waals surface area contributed by atoms with E-state index in [1.165, 1.54) is 13.3 Å². The number of benzene rings is 2. The SMILES string of the molecule is CCOc1cc(C(=O)N/N=C/c2ccc(OCC(N)=O)c(Cl)c2)ccc1OC. The summed E-state index contributed by atoms with van der Waals surface area (Å²) in [6, 6.07) is 9.65. The first kappa shape index (κ1) is 21.0. The van der Waals surface area contributed by atoms with Crippen LogP contribution >= 0.6 is 11.6 Å². The second-order valence-electron chi connectivity index (χ2n) is 5.44. The molecule has 0 heterocycles. The molecule has 2 amide bonds. The maximum absolute atomic E-state index is 12.2. The lowest BCUT2D eigenvalue weighted by atomic mass is 10.2. The number of nitrogens with two attached hydrogens (primary N) is 1. The summed E-state index contributed by atoms with van der Waals surface area (Å²) >= 11 is 6.07. The van der Waals surface area contributed by atoms with Gasteiger partial charge in [-0.25, -0.2) is 5.43 Å². The Bertz CT molecular complexity index is 886. The molecule has 0 aromatic heterocycles. The number of halogens is 1. The van der Waals surface area contributed by atoms with E-state index in [4.69, 9.17) is 31.5 Å². The van der Waals surface area contributed by atoms with Crippen LogP contribution in [-0.2, 0) is 4.79 Å². The highest BCUT2D eigenvalue weighted by Gasteiger charge is 2.10. The van der Waals surface area contributed by atoms with Crippen LogP contribution in [0.1, 0.15) is 22.8 Å². The van der Waals surface area contributed by atoms with E-state index in [1.807, 2.05) is 6.92 Å². The van der Waals surface area contributed by atoms with Crippen LogP contribution in [0.3, 0.4) is 0 Å². The van der Waals surface area contributed by atoms with E-state index in [0.717, 1.165) is 0 Å². The van der Waals surface area contributed by atoms with Crippen molar-refractivity contribution in [1.82, 2.24) is 5.43 Å². The zero-order valence-electron chi connectivity index (χ0n) is 15.4. The van der Waals surface area contributed by atoms with Gasteiger partial charge in [-0.1, -0.05) is 11.6 Å². The molecule has 0 aliphatic heterocycles. The molecule has 0 saturated carbocycles. The minimum atomic E-state index is -0.601. The maximum atomic E-state index is 12.2. The largest absolute Gasteiger partial charge is 0.493 e. The van der Waals surface area contributed by atoms with Gasteiger partial charge in [-0.05, 0) is 48.9 Å². The molecule has 0 saturated heterocycles. The Hall–Kier alpha value is -3.26. The third-order valence-corrected chi connectivity index (χ3v) is 3.73. The van der Waals surface area contributed by atoms with E-state index in [-0.39, 0.29) is 11.6 Å². The summed E-state index contributed by atoms with van der Waals surface area (Å²) in [5.74, 6) is 0.321. The number of rotatable bonds is 9. The highest BCUT2D eigenvalue weighted by molar-refractivity contribution is 6.32. The normalized spacial score (nSPS) is 10.5. The summed E-state index contributed by atoms with van der Waals surface area (Å²) in [6.45, 7) is 2.01. The van der Waals surface area contributed by atoms with E-state index in [0.29, 0.717) is 35.0 Å². The Morgan fingerprint density at radius 3 is 2.54 bits per heavy atom. The number of hydrogen-bond acceptors (Lipinski definition) is 6. The fourth-order valence-corrected chi connectivity index (χ4v) is 2.42. The second-order valence-corrected chi connectivity index (χ2v) is 5.85. The van der Waals surface area contributed by atoms with Gasteiger partial charge in [-0.2, -0.15) is 5.10 Å². The van der Waals surface area contributed by atoms with E-state index in [2.05, 4.69) is 10.5 Å². The zero-order valence-corrected chi connectivity index (χ0v) is 16.2. The van der Waals surface area contributed by atoms with Gasteiger partial charge >= 0.3 is 0 Å². The summed E-state index contributed by atoms with van der Waals surface area (Å²) in [5.41, 5.74) is 8.44. The summed E-state index contributed by atoms with van der Waals surface area (Å²) in [6.07, 6.45) is 1.43. The highest BCUT2D eigenvalue weighted by Crippen LogP contribution is 2.28. The minimum Gasteiger partial charge on any atom is -0.493 e. The first-order valence-corrected chi connectivity index (χ1v) is 8.67. The van der Waals surface area contributed by atoms with Gasteiger partial charge in [0.25, 0.3) is 11.8 Å². The van der Waals surface area contributed by atoms with Crippen LogP contribution in [-0.4, -0.2) is 38.4 Å². The standard InChI is InChI=1S/C19H20ClN3O5/c1-3-27-17-9-13(5-7-16(17)26-2)19(25)23-22-10-12-4-6-15(14(20)8-12)28-11-18(21)24/h4-10H,3,11H2,1-2H3,(H2,21,24)(H,23,25)/b22-10+. The summed E-state index contributed by atoms with van der Waals surface area (Å²) < 4.78 is 15.8. The van der Waals surface area contributed by atoms with Gasteiger partial charge in [-0.15, -0.1) is 0 Å². The van der Waals surface area contributed by atoms with Crippen LogP contribution in [0.4, 0.5) is 0 Å². The second kappa shape index (κ2) is 10.2. The quantitative estimate of drug-likeness (QED) is 0.491. The van der Waals surface area contributed by atoms with Crippen LogP contribution in [0.2, 0.25) is 5.02 Å². The molecule has 148 valence electrons. The number of nitrogens with one attached hydrogen (secondary N) is 1. The predicted molar refractivity (Wildman–Crippen MR) is 105 cm³/mol. The van der Waals surface area contributed by atoms with E-state index in [9.17, 15) is 9.59 Å². The summed E-state index contributed by atoms with van der Waals surface area (Å²) in [7, 11) is 1.53. The van der Waals surface area contributed by atoms with Crippen molar-refractivity contribution >= 4 is 29.6 Å². The molecule has 2 aromatic rings. The lowest BCUT2D eigenvalue weighted by Crippen LogP contribution is -2.20. The van der Waals surface area contributed by atoms with Gasteiger partial charge in [0, 0.05) is 5.56 Å². The molecule has 2 aromatic carbocycles. The lowest BCUT2D eigenvalue weighted by molar-refractivity contribution is -0.119. The average molecular weight is 406 g/mol. The summed E-state index contributed by atoms with van der Waals surface area (Å²) in [5, 5.41) is 4.20. The van der Waals surface area contributed by atoms with Crippen molar-refractivity contribution in [2.24, 2.45) is 10.8 Å². The van der Waals surface area contributed by atoms with Crippen LogP contribution in [0, 0.1) is 0 Å². The molecule has 0 radical (unpaired) electrons. The Kier molecular flexibility index (Phi) is 7.65. The molecule has 0 bridgehead atoms. The van der Waals surface area contributed by atoms with E-state index < -0.39 is 11.8 Å². The third kappa shape index (κ3) is 5.88. The van der Waals surface area contributed by atoms with Crippen molar-refractivity contribution in [2.45, 2.75) is 6.92 Å². The number of methoxy groups -OCH3 is 1. The number of ether oxygens (including phenoxy) is 3. The highest BCUT2D eigenvalue weighted by atomic mass is 35.5. The molecule has 8 nitrogen and oxygen atoms in total. The predicted octanol–water partition coefficient (Wildman–Crippen LogP) is 2.38. The van der Waals surface area contributed by atoms with Crippen LogP contribution < -0.4 is 25.4 Å². The van der Waals surface area contributed by atoms with Gasteiger partial charge in [0.15, 0.2) is 18.1 Å². The Labute approximate surface area is 167 Å². The number of amides is 2. The molecule has 3 N–H and O–H groups in total. The first-order valence-electron chi connectivity index (χ1n) is 8.29. The fraction of sp³-hybridized carbons (Fsp3) is 0.211. The van der Waals surface area contributed by atoms with Crippen LogP contribution in [0.15, 0.2) is 41.5 Å². The number of primary amides is 1. The average Bonchev–Trinajstić information content (AvgIpc) is 2.67. The summed E-state index contributed by atoms with van der Waals surface area (Å²) in [4.78, 5) is 23.0. The first-order chi connectivity index (χ1) is 13.4. The van der Waals surface area contributed by atoms with Gasteiger partial charge in [0.2, 0.25) is 0 Å². The molecule has 0 fully saturated rings. The van der Waals surface area contributed by atoms with Crippen molar-refractivity contribution in [2.75, 3.05) is 20.3 Å². The Morgan fingerprint density at radius 1 is 1.14 bits per heavy atom. The molecular weight excluding hydrogens is 386 g/mol. The lowest BCUT2D eigenvalue weighted by Gasteiger charge is -2.10. The topological polar surface area (TPSA) is 112 Å². The van der Waals surface area contributed by atoms with Crippen LogP contribution in [0.5, 0.6) is 17.2 Å². The molecule has 2 rings (SSSR count). The molecule has 28 heavy (non-hydrogen) atoms. The van der Waals surface area contributed by atoms with Crippen molar-refractivity contribution < 1.29 is 23.8 Å². The van der Waals surface area contributed by atoms with E-state index in [1.54, 1.807) is 36.4 Å². The maximum Gasteiger partial charge on any atom is 0.271 e. The molecule has 0 aliphatic carbocycles. The van der Waals surface area contributed by atoms with Crippen molar-refractivity contribution in [1.29, 1.82) is 0 Å². The molecule has 0 aliphatic rings. The molecule has 0 atom stereocenters. The van der Waals surface area contributed by atoms with Gasteiger partial charge in [-0.3, -0.25) is 9.59 Å².